The van der Waals surface area contributed by atoms with Gasteiger partial charge in [0, 0.05) is 11.1 Å². The van der Waals surface area contributed by atoms with E-state index in [0.717, 1.165) is 22.4 Å². The Balaban J connectivity index is 3.59. The molecule has 0 saturated carbocycles. The molecule has 0 bridgehead atoms. The van der Waals surface area contributed by atoms with Crippen molar-refractivity contribution in [3.8, 4) is 11.8 Å². The van der Waals surface area contributed by atoms with Crippen LogP contribution in [0.3, 0.4) is 0 Å². The van der Waals surface area contributed by atoms with Crippen LogP contribution >= 0.6 is 11.8 Å². The van der Waals surface area contributed by atoms with Gasteiger partial charge in [0.1, 0.15) is 11.8 Å². The van der Waals surface area contributed by atoms with Crippen LogP contribution in [0.2, 0.25) is 0 Å². The Morgan fingerprint density at radius 2 is 1.59 bits per heavy atom. The number of rotatable bonds is 3. The molecule has 0 aromatic heterocycles. The number of hydrogen-bond acceptors (Lipinski definition) is 3. The van der Waals surface area contributed by atoms with E-state index >= 15 is 0 Å². The molecule has 0 saturated heterocycles. The second-order valence-corrected chi connectivity index (χ2v) is 8.82. The van der Waals surface area contributed by atoms with E-state index < -0.39 is 0 Å². The molecule has 0 fully saturated rings. The second kappa shape index (κ2) is 6.79. The molecule has 0 radical (unpaired) electrons. The first-order chi connectivity index (χ1) is 10.0. The van der Waals surface area contributed by atoms with Crippen LogP contribution in [0.5, 0.6) is 5.75 Å². The average Bonchev–Trinajstić information content (AvgIpc) is 2.37. The maximum Gasteiger partial charge on any atom is 0.123 e. The first-order valence-corrected chi connectivity index (χ1v) is 8.61. The van der Waals surface area contributed by atoms with Crippen molar-refractivity contribution in [2.24, 2.45) is 0 Å². The van der Waals surface area contributed by atoms with Crippen LogP contribution in [0.4, 0.5) is 0 Å². The molecule has 0 atom stereocenters. The number of benzene rings is 1. The van der Waals surface area contributed by atoms with E-state index in [1.165, 1.54) is 11.8 Å². The van der Waals surface area contributed by atoms with Crippen molar-refractivity contribution in [3.05, 3.63) is 33.7 Å². The quantitative estimate of drug-likeness (QED) is 0.737. The Kier molecular flexibility index (Phi) is 5.76. The average molecular weight is 317 g/mol. The molecular formula is C19H27NOS. The summed E-state index contributed by atoms with van der Waals surface area (Å²) in [5.74, 6) is 1.24. The highest BCUT2D eigenvalue weighted by molar-refractivity contribution is 8.03. The predicted molar refractivity (Wildman–Crippen MR) is 97.2 cm³/mol. The van der Waals surface area contributed by atoms with Gasteiger partial charge in [0.05, 0.1) is 4.91 Å². The lowest BCUT2D eigenvalue weighted by Crippen LogP contribution is -2.17. The topological polar surface area (TPSA) is 44.0 Å². The van der Waals surface area contributed by atoms with Gasteiger partial charge in [0.15, 0.2) is 0 Å². The van der Waals surface area contributed by atoms with Gasteiger partial charge in [-0.25, -0.2) is 0 Å². The van der Waals surface area contributed by atoms with Crippen LogP contribution in [0.15, 0.2) is 17.0 Å². The summed E-state index contributed by atoms with van der Waals surface area (Å²) in [6.07, 6.45) is 1.91. The largest absolute Gasteiger partial charge is 0.507 e. The Morgan fingerprint density at radius 1 is 1.14 bits per heavy atom. The fourth-order valence-electron chi connectivity index (χ4n) is 2.30. The SMILES string of the molecule is CCS/C(C#N)=C\c1cc(C(C)(C)C)c(O)c(C(C)(C)C)c1. The van der Waals surface area contributed by atoms with Gasteiger partial charge in [-0.05, 0) is 40.4 Å². The predicted octanol–water partition coefficient (Wildman–Crippen LogP) is 5.60. The number of nitrogens with zero attached hydrogens (tertiary/aromatic N) is 1. The standard InChI is InChI=1S/C19H27NOS/c1-8-22-14(12-20)9-13-10-15(18(2,3)4)17(21)16(11-13)19(5,6)7/h9-11,21H,8H2,1-7H3/b14-9-. The molecule has 0 amide bonds. The summed E-state index contributed by atoms with van der Waals surface area (Å²) >= 11 is 1.54. The fraction of sp³-hybridized carbons (Fsp3) is 0.526. The molecule has 0 spiro atoms. The number of hydrogen-bond donors (Lipinski definition) is 1. The number of thioether (sulfide) groups is 1. The molecule has 1 aromatic carbocycles. The van der Waals surface area contributed by atoms with Gasteiger partial charge in [-0.1, -0.05) is 48.5 Å². The number of allylic oxidation sites excluding steroid dienone is 1. The molecule has 0 aliphatic rings. The van der Waals surface area contributed by atoms with Crippen molar-refractivity contribution in [2.75, 3.05) is 5.75 Å². The smallest absolute Gasteiger partial charge is 0.123 e. The highest BCUT2D eigenvalue weighted by atomic mass is 32.2. The Morgan fingerprint density at radius 3 is 1.91 bits per heavy atom. The van der Waals surface area contributed by atoms with Crippen molar-refractivity contribution in [3.63, 3.8) is 0 Å². The Labute approximate surface area is 139 Å². The van der Waals surface area contributed by atoms with Gasteiger partial charge < -0.3 is 5.11 Å². The Bertz CT molecular complexity index is 575. The van der Waals surface area contributed by atoms with E-state index in [1.54, 1.807) is 0 Å². The zero-order valence-electron chi connectivity index (χ0n) is 14.7. The van der Waals surface area contributed by atoms with Gasteiger partial charge in [-0.15, -0.1) is 11.8 Å². The molecule has 0 aliphatic heterocycles. The van der Waals surface area contributed by atoms with E-state index in [0.29, 0.717) is 10.7 Å². The maximum absolute atomic E-state index is 10.7. The fourth-order valence-corrected chi connectivity index (χ4v) is 2.89. The van der Waals surface area contributed by atoms with E-state index in [2.05, 4.69) is 47.6 Å². The van der Waals surface area contributed by atoms with Crippen LogP contribution in [-0.2, 0) is 10.8 Å². The van der Waals surface area contributed by atoms with E-state index in [1.807, 2.05) is 25.1 Å². The molecule has 1 rings (SSSR count). The summed E-state index contributed by atoms with van der Waals surface area (Å²) in [4.78, 5) is 0.702. The molecule has 22 heavy (non-hydrogen) atoms. The minimum Gasteiger partial charge on any atom is -0.507 e. The lowest BCUT2D eigenvalue weighted by Gasteiger charge is -2.28. The third-order valence-electron chi connectivity index (χ3n) is 3.46. The van der Waals surface area contributed by atoms with Crippen molar-refractivity contribution >= 4 is 17.8 Å². The minimum absolute atomic E-state index is 0.154. The number of aromatic hydroxyl groups is 1. The molecule has 2 nitrogen and oxygen atoms in total. The first-order valence-electron chi connectivity index (χ1n) is 7.63. The van der Waals surface area contributed by atoms with Crippen molar-refractivity contribution in [2.45, 2.75) is 59.3 Å². The molecule has 0 aliphatic carbocycles. The van der Waals surface area contributed by atoms with Crippen molar-refractivity contribution < 1.29 is 5.11 Å². The molecule has 1 N–H and O–H groups in total. The summed E-state index contributed by atoms with van der Waals surface area (Å²) in [6, 6.07) is 6.24. The summed E-state index contributed by atoms with van der Waals surface area (Å²) in [6.45, 7) is 14.6. The summed E-state index contributed by atoms with van der Waals surface area (Å²) < 4.78 is 0. The van der Waals surface area contributed by atoms with Gasteiger partial charge in [-0.3, -0.25) is 0 Å². The molecule has 0 unspecified atom stereocenters. The third-order valence-corrected chi connectivity index (χ3v) is 4.26. The molecular weight excluding hydrogens is 290 g/mol. The summed E-state index contributed by atoms with van der Waals surface area (Å²) in [5.41, 5.74) is 2.51. The van der Waals surface area contributed by atoms with Crippen molar-refractivity contribution in [1.82, 2.24) is 0 Å². The highest BCUT2D eigenvalue weighted by Gasteiger charge is 2.26. The van der Waals surface area contributed by atoms with E-state index in [4.69, 9.17) is 0 Å². The minimum atomic E-state index is -0.154. The molecule has 3 heteroatoms. The zero-order chi connectivity index (χ0) is 17.1. The van der Waals surface area contributed by atoms with Crippen LogP contribution < -0.4 is 0 Å². The van der Waals surface area contributed by atoms with Crippen LogP contribution in [-0.4, -0.2) is 10.9 Å². The number of phenolic OH excluding ortho intramolecular Hbond substituents is 1. The first kappa shape index (κ1) is 18.6. The second-order valence-electron chi connectivity index (χ2n) is 7.52. The summed E-state index contributed by atoms with van der Waals surface area (Å²) in [7, 11) is 0. The Hall–Kier alpha value is -1.40. The molecule has 0 heterocycles. The normalized spacial score (nSPS) is 13.1. The van der Waals surface area contributed by atoms with Crippen LogP contribution in [0, 0.1) is 11.3 Å². The molecule has 120 valence electrons. The van der Waals surface area contributed by atoms with Gasteiger partial charge >= 0.3 is 0 Å². The molecule has 1 aromatic rings. The highest BCUT2D eigenvalue weighted by Crippen LogP contribution is 2.40. The number of nitriles is 1. The lowest BCUT2D eigenvalue weighted by molar-refractivity contribution is 0.423. The van der Waals surface area contributed by atoms with Gasteiger partial charge in [-0.2, -0.15) is 5.26 Å². The van der Waals surface area contributed by atoms with E-state index in [9.17, 15) is 10.4 Å². The van der Waals surface area contributed by atoms with Crippen LogP contribution in [0.25, 0.3) is 6.08 Å². The lowest BCUT2D eigenvalue weighted by atomic mass is 9.78. The third kappa shape index (κ3) is 4.55. The zero-order valence-corrected chi connectivity index (χ0v) is 15.6. The number of phenols is 1. The van der Waals surface area contributed by atoms with E-state index in [-0.39, 0.29) is 10.8 Å². The monoisotopic (exact) mass is 317 g/mol. The maximum atomic E-state index is 10.7. The van der Waals surface area contributed by atoms with Crippen molar-refractivity contribution in [1.29, 1.82) is 5.26 Å². The van der Waals surface area contributed by atoms with Gasteiger partial charge in [0.2, 0.25) is 0 Å². The van der Waals surface area contributed by atoms with Gasteiger partial charge in [0.25, 0.3) is 0 Å². The summed E-state index contributed by atoms with van der Waals surface area (Å²) in [5, 5.41) is 19.9. The van der Waals surface area contributed by atoms with Crippen LogP contribution in [0.1, 0.15) is 65.2 Å².